The van der Waals surface area contributed by atoms with Gasteiger partial charge in [-0.25, -0.2) is 0 Å². The third-order valence-corrected chi connectivity index (χ3v) is 7.26. The summed E-state index contributed by atoms with van der Waals surface area (Å²) < 4.78 is 5.34. The van der Waals surface area contributed by atoms with E-state index in [2.05, 4.69) is 4.90 Å². The van der Waals surface area contributed by atoms with Gasteiger partial charge < -0.3 is 19.8 Å². The van der Waals surface area contributed by atoms with Gasteiger partial charge in [0.05, 0.1) is 19.3 Å². The van der Waals surface area contributed by atoms with Gasteiger partial charge in [0.1, 0.15) is 0 Å². The standard InChI is InChI=1S/C23H34N2O4/c1-29-20-15-17(8-9-19(20)26)22-18-7-3-4-10-23(18,28)11-14-25(22)16-21(27)24-12-5-2-6-13-24/h8-9,15,18,22,26,28H,2-7,10-14,16H2,1H3/t18-,22-,23+/m0/s1. The number of aromatic hydroxyl groups is 1. The predicted octanol–water partition coefficient (Wildman–Crippen LogP) is 3.08. The molecule has 0 spiro atoms. The number of amides is 1. The molecule has 2 N–H and O–H groups in total. The number of nitrogens with zero attached hydrogens (tertiary/aromatic N) is 2. The summed E-state index contributed by atoms with van der Waals surface area (Å²) >= 11 is 0. The highest BCUT2D eigenvalue weighted by molar-refractivity contribution is 5.78. The first-order valence-corrected chi connectivity index (χ1v) is 11.1. The lowest BCUT2D eigenvalue weighted by molar-refractivity contribution is -0.145. The highest BCUT2D eigenvalue weighted by Crippen LogP contribution is 2.50. The van der Waals surface area contributed by atoms with Crippen LogP contribution in [-0.4, -0.2) is 64.8 Å². The Morgan fingerprint density at radius 3 is 2.69 bits per heavy atom. The van der Waals surface area contributed by atoms with E-state index in [-0.39, 0.29) is 23.6 Å². The van der Waals surface area contributed by atoms with Crippen molar-refractivity contribution in [2.75, 3.05) is 33.3 Å². The van der Waals surface area contributed by atoms with Crippen LogP contribution in [0.15, 0.2) is 18.2 Å². The third kappa shape index (κ3) is 4.10. The molecule has 2 heterocycles. The van der Waals surface area contributed by atoms with Crippen molar-refractivity contribution >= 4 is 5.91 Å². The molecule has 0 radical (unpaired) electrons. The van der Waals surface area contributed by atoms with Crippen LogP contribution in [-0.2, 0) is 4.79 Å². The summed E-state index contributed by atoms with van der Waals surface area (Å²) in [6, 6.07) is 5.41. The van der Waals surface area contributed by atoms with Crippen molar-refractivity contribution in [2.45, 2.75) is 63.0 Å². The van der Waals surface area contributed by atoms with Crippen LogP contribution in [0.1, 0.15) is 63.0 Å². The number of benzene rings is 1. The lowest BCUT2D eigenvalue weighted by Crippen LogP contribution is -2.56. The van der Waals surface area contributed by atoms with E-state index in [1.807, 2.05) is 17.0 Å². The number of carbonyl (C=O) groups is 1. The average molecular weight is 403 g/mol. The van der Waals surface area contributed by atoms with Gasteiger partial charge in [0.2, 0.25) is 5.91 Å². The summed E-state index contributed by atoms with van der Waals surface area (Å²) in [6.45, 7) is 2.82. The number of hydrogen-bond acceptors (Lipinski definition) is 5. The Labute approximate surface area is 173 Å². The molecular formula is C23H34N2O4. The molecular weight excluding hydrogens is 368 g/mol. The fraction of sp³-hybridized carbons (Fsp3) is 0.696. The molecule has 0 aromatic heterocycles. The average Bonchev–Trinajstić information content (AvgIpc) is 2.75. The van der Waals surface area contributed by atoms with Crippen molar-refractivity contribution in [1.29, 1.82) is 0 Å². The number of likely N-dealkylation sites (tertiary alicyclic amines) is 2. The molecule has 1 aliphatic carbocycles. The van der Waals surface area contributed by atoms with Gasteiger partial charge in [-0.15, -0.1) is 0 Å². The predicted molar refractivity (Wildman–Crippen MR) is 111 cm³/mol. The number of hydrogen-bond donors (Lipinski definition) is 2. The Hall–Kier alpha value is -1.79. The second-order valence-electron chi connectivity index (χ2n) is 8.99. The molecule has 1 saturated carbocycles. The van der Waals surface area contributed by atoms with Crippen molar-refractivity contribution in [2.24, 2.45) is 5.92 Å². The minimum atomic E-state index is -0.668. The summed E-state index contributed by atoms with van der Waals surface area (Å²) in [6.07, 6.45) is 8.06. The normalized spacial score (nSPS) is 30.6. The van der Waals surface area contributed by atoms with Crippen molar-refractivity contribution in [3.8, 4) is 11.5 Å². The largest absolute Gasteiger partial charge is 0.504 e. The van der Waals surface area contributed by atoms with Crippen LogP contribution in [0, 0.1) is 5.92 Å². The first-order valence-electron chi connectivity index (χ1n) is 11.1. The molecule has 2 saturated heterocycles. The molecule has 1 aromatic rings. The molecule has 3 atom stereocenters. The number of carbonyl (C=O) groups excluding carboxylic acids is 1. The van der Waals surface area contributed by atoms with Gasteiger partial charge in [-0.3, -0.25) is 9.69 Å². The molecule has 1 aromatic carbocycles. The van der Waals surface area contributed by atoms with Gasteiger partial charge in [-0.2, -0.15) is 0 Å². The number of fused-ring (bicyclic) bond motifs is 1. The van der Waals surface area contributed by atoms with Crippen molar-refractivity contribution in [3.63, 3.8) is 0 Å². The van der Waals surface area contributed by atoms with Crippen LogP contribution in [0.2, 0.25) is 0 Å². The Bertz CT molecular complexity index is 734. The van der Waals surface area contributed by atoms with Gasteiger partial charge in [0, 0.05) is 31.6 Å². The molecule has 160 valence electrons. The number of aliphatic hydroxyl groups is 1. The van der Waals surface area contributed by atoms with Crippen LogP contribution in [0.4, 0.5) is 0 Å². The number of phenolic OH excluding ortho intramolecular Hbond substituents is 1. The van der Waals surface area contributed by atoms with Crippen LogP contribution >= 0.6 is 0 Å². The van der Waals surface area contributed by atoms with Crippen molar-refractivity contribution in [3.05, 3.63) is 23.8 Å². The maximum atomic E-state index is 13.0. The van der Waals surface area contributed by atoms with Gasteiger partial charge >= 0.3 is 0 Å². The van der Waals surface area contributed by atoms with E-state index in [1.165, 1.54) is 6.42 Å². The van der Waals surface area contributed by atoms with E-state index in [9.17, 15) is 15.0 Å². The minimum Gasteiger partial charge on any atom is -0.504 e. The second kappa shape index (κ2) is 8.52. The van der Waals surface area contributed by atoms with E-state index in [0.717, 1.165) is 63.6 Å². The summed E-state index contributed by atoms with van der Waals surface area (Å²) in [5.41, 5.74) is 0.342. The van der Waals surface area contributed by atoms with Crippen molar-refractivity contribution in [1.82, 2.24) is 9.80 Å². The minimum absolute atomic E-state index is 0.0442. The molecule has 6 heteroatoms. The summed E-state index contributed by atoms with van der Waals surface area (Å²) in [5.74, 6) is 0.840. The third-order valence-electron chi connectivity index (χ3n) is 7.26. The zero-order valence-electron chi connectivity index (χ0n) is 17.5. The number of ether oxygens (including phenoxy) is 1. The summed E-state index contributed by atoms with van der Waals surface area (Å²) in [5, 5.41) is 21.5. The summed E-state index contributed by atoms with van der Waals surface area (Å²) in [7, 11) is 1.55. The zero-order chi connectivity index (χ0) is 20.4. The maximum absolute atomic E-state index is 13.0. The van der Waals surface area contributed by atoms with Crippen LogP contribution in [0.5, 0.6) is 11.5 Å². The Morgan fingerprint density at radius 1 is 1.14 bits per heavy atom. The first-order chi connectivity index (χ1) is 14.0. The molecule has 6 nitrogen and oxygen atoms in total. The molecule has 3 fully saturated rings. The summed E-state index contributed by atoms with van der Waals surface area (Å²) in [4.78, 5) is 17.3. The van der Waals surface area contributed by atoms with Gasteiger partial charge in [-0.05, 0) is 56.2 Å². The monoisotopic (exact) mass is 402 g/mol. The second-order valence-corrected chi connectivity index (χ2v) is 8.99. The van der Waals surface area contributed by atoms with Gasteiger partial charge in [0.25, 0.3) is 0 Å². The number of methoxy groups -OCH3 is 1. The number of piperidine rings is 2. The maximum Gasteiger partial charge on any atom is 0.236 e. The van der Waals surface area contributed by atoms with Gasteiger partial charge in [0.15, 0.2) is 11.5 Å². The quantitative estimate of drug-likeness (QED) is 0.810. The lowest BCUT2D eigenvalue weighted by atomic mass is 9.66. The Morgan fingerprint density at radius 2 is 1.93 bits per heavy atom. The Kier molecular flexibility index (Phi) is 6.02. The van der Waals surface area contributed by atoms with E-state index >= 15 is 0 Å². The molecule has 1 amide bonds. The highest BCUT2D eigenvalue weighted by Gasteiger charge is 2.49. The Balaban J connectivity index is 1.63. The fourth-order valence-corrected chi connectivity index (χ4v) is 5.66. The van der Waals surface area contributed by atoms with E-state index in [0.29, 0.717) is 18.8 Å². The molecule has 3 aliphatic rings. The van der Waals surface area contributed by atoms with Crippen LogP contribution < -0.4 is 4.74 Å². The van der Waals surface area contributed by atoms with Crippen molar-refractivity contribution < 1.29 is 19.7 Å². The molecule has 4 rings (SSSR count). The molecule has 2 aliphatic heterocycles. The van der Waals surface area contributed by atoms with Crippen LogP contribution in [0.3, 0.4) is 0 Å². The fourth-order valence-electron chi connectivity index (χ4n) is 5.66. The molecule has 29 heavy (non-hydrogen) atoms. The first kappa shape index (κ1) is 20.5. The molecule has 0 unspecified atom stereocenters. The zero-order valence-corrected chi connectivity index (χ0v) is 17.5. The lowest BCUT2D eigenvalue weighted by Gasteiger charge is -2.52. The van der Waals surface area contributed by atoms with Gasteiger partial charge in [-0.1, -0.05) is 18.9 Å². The number of rotatable bonds is 4. The SMILES string of the molecule is COc1cc([C@H]2[C@@H]3CCCC[C@@]3(O)CCN2CC(=O)N2CCCCC2)ccc1O. The number of phenols is 1. The molecule has 0 bridgehead atoms. The smallest absolute Gasteiger partial charge is 0.236 e. The van der Waals surface area contributed by atoms with E-state index < -0.39 is 5.60 Å². The van der Waals surface area contributed by atoms with E-state index in [1.54, 1.807) is 13.2 Å². The topological polar surface area (TPSA) is 73.2 Å². The van der Waals surface area contributed by atoms with E-state index in [4.69, 9.17) is 4.74 Å². The van der Waals surface area contributed by atoms with Crippen LogP contribution in [0.25, 0.3) is 0 Å². The highest BCUT2D eigenvalue weighted by atomic mass is 16.5.